The molecule has 83 heavy (non-hydrogen) atoms. The van der Waals surface area contributed by atoms with Crippen LogP contribution in [0.25, 0.3) is 60.5 Å². The molecular formula is C81H72N2. The summed E-state index contributed by atoms with van der Waals surface area (Å²) in [6, 6.07) is 75.2. The average molecular weight is 1070 g/mol. The van der Waals surface area contributed by atoms with Crippen molar-refractivity contribution in [1.82, 2.24) is 0 Å². The topological polar surface area (TPSA) is 6.48 Å². The van der Waals surface area contributed by atoms with Gasteiger partial charge in [0.05, 0.1) is 11.4 Å². The van der Waals surface area contributed by atoms with Gasteiger partial charge in [-0.25, -0.2) is 0 Å². The molecule has 10 aromatic carbocycles. The normalized spacial score (nSPS) is 17.9. The zero-order valence-corrected chi connectivity index (χ0v) is 49.5. The minimum absolute atomic E-state index is 0.117. The van der Waals surface area contributed by atoms with Crippen molar-refractivity contribution < 1.29 is 0 Å². The van der Waals surface area contributed by atoms with Crippen LogP contribution >= 0.6 is 0 Å². The Bertz CT molecular complexity index is 4490. The molecule has 0 N–H and O–H groups in total. The van der Waals surface area contributed by atoms with E-state index in [0.29, 0.717) is 5.92 Å². The van der Waals surface area contributed by atoms with Gasteiger partial charge in [0, 0.05) is 60.5 Å². The second-order valence-corrected chi connectivity index (χ2v) is 26.4. The first-order valence-electron chi connectivity index (χ1n) is 30.3. The number of anilines is 6. The molecule has 0 bridgehead atoms. The maximum atomic E-state index is 2.64. The standard InChI is InChI=1S/C81H72N2/c1-51-24-12-10-15-27-53-36-38-56(48-73(53)78(51,2)3)83(58-40-44-63-60-29-19-22-34-70(60)81(8,9)75(63)50-58)77-65-32-17-16-31-64(65)76(66-42-37-54(46-68(66)77)52-25-13-11-14-26-52)82(55-41-45-72-67(47-55)61-30-20-23-35-71(61)79(72,4)5)57-39-43-62-59-28-18-21-33-69(59)80(6,7)74(62)49-57/h10-20,22-26,28-32,34-51H,21,27,33H2,1-9H3. The third-order valence-corrected chi connectivity index (χ3v) is 20.5. The van der Waals surface area contributed by atoms with Gasteiger partial charge in [0.1, 0.15) is 0 Å². The fraction of sp³-hybridized carbons (Fsp3) is 0.210. The summed E-state index contributed by atoms with van der Waals surface area (Å²) in [6.45, 7) is 21.8. The van der Waals surface area contributed by atoms with E-state index in [9.17, 15) is 0 Å². The third kappa shape index (κ3) is 7.67. The summed E-state index contributed by atoms with van der Waals surface area (Å²) in [5.74, 6) is 0.300. The van der Waals surface area contributed by atoms with Crippen LogP contribution in [0.15, 0.2) is 236 Å². The van der Waals surface area contributed by atoms with Gasteiger partial charge in [-0.1, -0.05) is 244 Å². The lowest BCUT2D eigenvalue weighted by Crippen LogP contribution is -2.27. The molecule has 0 spiro atoms. The molecule has 2 heteroatoms. The molecule has 15 rings (SSSR count). The molecule has 1 atom stereocenters. The second-order valence-electron chi connectivity index (χ2n) is 26.4. The lowest BCUT2D eigenvalue weighted by molar-refractivity contribution is 0.407. The lowest BCUT2D eigenvalue weighted by atomic mass is 9.72. The number of benzene rings is 10. The Morgan fingerprint density at radius 2 is 0.916 bits per heavy atom. The van der Waals surface area contributed by atoms with Crippen LogP contribution in [0.1, 0.15) is 120 Å². The molecular weight excluding hydrogens is 1000 g/mol. The summed E-state index contributed by atoms with van der Waals surface area (Å²) in [5.41, 5.74) is 27.9. The molecule has 0 heterocycles. The van der Waals surface area contributed by atoms with Gasteiger partial charge >= 0.3 is 0 Å². The van der Waals surface area contributed by atoms with Crippen molar-refractivity contribution in [3.63, 3.8) is 0 Å². The predicted octanol–water partition coefficient (Wildman–Crippen LogP) is 22.2. The number of allylic oxidation sites excluding steroid dienone is 8. The quantitative estimate of drug-likeness (QED) is 0.116. The second kappa shape index (κ2) is 18.6. The molecule has 10 aromatic rings. The van der Waals surface area contributed by atoms with Crippen molar-refractivity contribution in [3.8, 4) is 33.4 Å². The first-order valence-corrected chi connectivity index (χ1v) is 30.3. The van der Waals surface area contributed by atoms with Crippen molar-refractivity contribution in [3.05, 3.63) is 281 Å². The molecule has 0 saturated carbocycles. The smallest absolute Gasteiger partial charge is 0.0620 e. The molecule has 0 amide bonds. The summed E-state index contributed by atoms with van der Waals surface area (Å²) in [6.07, 6.45) is 17.0. The Balaban J connectivity index is 1.06. The van der Waals surface area contributed by atoms with Crippen LogP contribution < -0.4 is 9.80 Å². The molecule has 5 aliphatic carbocycles. The van der Waals surface area contributed by atoms with E-state index in [2.05, 4.69) is 303 Å². The van der Waals surface area contributed by atoms with Crippen LogP contribution in [0.4, 0.5) is 34.1 Å². The minimum Gasteiger partial charge on any atom is -0.309 e. The first-order chi connectivity index (χ1) is 40.1. The van der Waals surface area contributed by atoms with Crippen molar-refractivity contribution >= 4 is 61.2 Å². The molecule has 0 radical (unpaired) electrons. The summed E-state index contributed by atoms with van der Waals surface area (Å²) in [4.78, 5) is 5.27. The highest BCUT2D eigenvalue weighted by atomic mass is 15.2. The van der Waals surface area contributed by atoms with Gasteiger partial charge in [0.15, 0.2) is 0 Å². The number of hydrogen-bond acceptors (Lipinski definition) is 2. The summed E-state index contributed by atoms with van der Waals surface area (Å²) in [5, 5.41) is 4.75. The Kier molecular flexibility index (Phi) is 11.5. The summed E-state index contributed by atoms with van der Waals surface area (Å²) >= 11 is 0. The van der Waals surface area contributed by atoms with E-state index >= 15 is 0 Å². The molecule has 0 aliphatic heterocycles. The summed E-state index contributed by atoms with van der Waals surface area (Å²) < 4.78 is 0. The highest BCUT2D eigenvalue weighted by molar-refractivity contribution is 6.24. The zero-order chi connectivity index (χ0) is 56.7. The highest BCUT2D eigenvalue weighted by Gasteiger charge is 2.41. The highest BCUT2D eigenvalue weighted by Crippen LogP contribution is 2.58. The van der Waals surface area contributed by atoms with Gasteiger partial charge in [-0.15, -0.1) is 0 Å². The van der Waals surface area contributed by atoms with Crippen LogP contribution in [0.5, 0.6) is 0 Å². The van der Waals surface area contributed by atoms with E-state index in [1.165, 1.54) is 116 Å². The number of nitrogens with zero attached hydrogens (tertiary/aromatic N) is 2. The molecule has 5 aliphatic rings. The SMILES string of the molecule is CC1C=CC=CCc2ccc(N(c3ccc4c(c3)C(C)(C)c3ccccc3-4)c3c4ccccc4c(N(c4ccc5c(c4)-c4ccccc4C5(C)C)c4ccc5c(c4)C(C)(C)C4=C5C=CCC4)c4ccc(-c5ccccc5)cc34)cc2C1(C)C. The largest absolute Gasteiger partial charge is 0.309 e. The van der Waals surface area contributed by atoms with Crippen LogP contribution in [0.3, 0.4) is 0 Å². The van der Waals surface area contributed by atoms with Gasteiger partial charge in [-0.3, -0.25) is 0 Å². The van der Waals surface area contributed by atoms with Gasteiger partial charge < -0.3 is 9.80 Å². The Morgan fingerprint density at radius 1 is 0.386 bits per heavy atom. The zero-order valence-electron chi connectivity index (χ0n) is 49.5. The van der Waals surface area contributed by atoms with Crippen LogP contribution in [-0.4, -0.2) is 0 Å². The minimum atomic E-state index is -0.204. The van der Waals surface area contributed by atoms with Crippen LogP contribution in [0.2, 0.25) is 0 Å². The number of rotatable bonds is 7. The molecule has 0 aromatic heterocycles. The monoisotopic (exact) mass is 1070 g/mol. The third-order valence-electron chi connectivity index (χ3n) is 20.5. The van der Waals surface area contributed by atoms with Gasteiger partial charge in [0.2, 0.25) is 0 Å². The van der Waals surface area contributed by atoms with E-state index in [1.807, 2.05) is 0 Å². The van der Waals surface area contributed by atoms with E-state index in [1.54, 1.807) is 5.57 Å². The maximum Gasteiger partial charge on any atom is 0.0620 e. The van der Waals surface area contributed by atoms with Crippen LogP contribution in [0, 0.1) is 5.92 Å². The van der Waals surface area contributed by atoms with Crippen molar-refractivity contribution in [2.45, 2.75) is 103 Å². The van der Waals surface area contributed by atoms with E-state index in [-0.39, 0.29) is 21.7 Å². The Morgan fingerprint density at radius 3 is 1.63 bits per heavy atom. The van der Waals surface area contributed by atoms with Crippen LogP contribution in [-0.2, 0) is 28.1 Å². The van der Waals surface area contributed by atoms with Crippen molar-refractivity contribution in [2.24, 2.45) is 5.92 Å². The van der Waals surface area contributed by atoms with E-state index in [4.69, 9.17) is 0 Å². The molecule has 0 fully saturated rings. The predicted molar refractivity (Wildman–Crippen MR) is 354 cm³/mol. The van der Waals surface area contributed by atoms with Crippen molar-refractivity contribution in [2.75, 3.05) is 9.80 Å². The Hall–Kier alpha value is -8.72. The number of hydrogen-bond donors (Lipinski definition) is 0. The Labute approximate surface area is 491 Å². The lowest BCUT2D eigenvalue weighted by Gasteiger charge is -2.36. The summed E-state index contributed by atoms with van der Waals surface area (Å²) in [7, 11) is 0. The molecule has 0 saturated heterocycles. The fourth-order valence-electron chi connectivity index (χ4n) is 15.5. The van der Waals surface area contributed by atoms with Crippen molar-refractivity contribution in [1.29, 1.82) is 0 Å². The fourth-order valence-corrected chi connectivity index (χ4v) is 15.5. The first kappa shape index (κ1) is 51.2. The van der Waals surface area contributed by atoms with Gasteiger partial charge in [-0.2, -0.15) is 0 Å². The average Bonchev–Trinajstić information content (AvgIpc) is 4.08. The van der Waals surface area contributed by atoms with Gasteiger partial charge in [0.25, 0.3) is 0 Å². The van der Waals surface area contributed by atoms with E-state index in [0.717, 1.165) is 42.0 Å². The van der Waals surface area contributed by atoms with E-state index < -0.39 is 0 Å². The maximum absolute atomic E-state index is 2.64. The van der Waals surface area contributed by atoms with Gasteiger partial charge in [-0.05, 0) is 169 Å². The molecule has 2 nitrogen and oxygen atoms in total. The number of fused-ring (bicyclic) bond motifs is 11. The molecule has 406 valence electrons. The molecule has 1 unspecified atom stereocenters.